The van der Waals surface area contributed by atoms with E-state index in [-0.39, 0.29) is 12.3 Å². The zero-order valence-electron chi connectivity index (χ0n) is 9.74. The predicted octanol–water partition coefficient (Wildman–Crippen LogP) is 2.57. The van der Waals surface area contributed by atoms with Crippen molar-refractivity contribution < 1.29 is 19.4 Å². The Labute approximate surface area is 101 Å². The van der Waals surface area contributed by atoms with Gasteiger partial charge in [0.05, 0.1) is 5.92 Å². The van der Waals surface area contributed by atoms with Gasteiger partial charge in [0, 0.05) is 12.3 Å². The fraction of sp³-hybridized carbons (Fsp3) is 0.417. The molecule has 1 aromatic carbocycles. The molecular formula is C12H17O4P. The average molecular weight is 256 g/mol. The minimum atomic E-state index is -3.42. The second-order valence-corrected chi connectivity index (χ2v) is 6.49. The molecule has 0 spiro atoms. The van der Waals surface area contributed by atoms with E-state index in [1.807, 2.05) is 6.07 Å². The lowest BCUT2D eigenvalue weighted by atomic mass is 10.1. The van der Waals surface area contributed by atoms with Crippen LogP contribution < -0.4 is 0 Å². The van der Waals surface area contributed by atoms with Gasteiger partial charge in [0.25, 0.3) is 0 Å². The van der Waals surface area contributed by atoms with E-state index in [0.29, 0.717) is 6.42 Å². The van der Waals surface area contributed by atoms with Crippen molar-refractivity contribution in [1.82, 2.24) is 0 Å². The van der Waals surface area contributed by atoms with Crippen LogP contribution in [0, 0.1) is 5.92 Å². The second-order valence-electron chi connectivity index (χ2n) is 4.12. The first kappa shape index (κ1) is 13.9. The van der Waals surface area contributed by atoms with E-state index in [4.69, 9.17) is 5.11 Å². The van der Waals surface area contributed by atoms with E-state index in [1.165, 1.54) is 0 Å². The summed E-state index contributed by atoms with van der Waals surface area (Å²) in [4.78, 5) is 20.6. The molecule has 0 heterocycles. The first-order valence-electron chi connectivity index (χ1n) is 5.52. The Bertz CT molecular complexity index is 416. The monoisotopic (exact) mass is 256 g/mol. The van der Waals surface area contributed by atoms with Crippen LogP contribution >= 0.6 is 7.37 Å². The number of carboxylic acid groups (broad SMARTS) is 1. The summed E-state index contributed by atoms with van der Waals surface area (Å²) in [6.45, 7) is 1.71. The van der Waals surface area contributed by atoms with Crippen LogP contribution in [0.5, 0.6) is 0 Å². The topological polar surface area (TPSA) is 74.6 Å². The molecule has 0 amide bonds. The number of aliphatic carboxylic acids is 1. The summed E-state index contributed by atoms with van der Waals surface area (Å²) in [7, 11) is -3.42. The van der Waals surface area contributed by atoms with E-state index < -0.39 is 19.3 Å². The van der Waals surface area contributed by atoms with Gasteiger partial charge in [-0.25, -0.2) is 0 Å². The SMILES string of the molecule is CCC(CP(=O)(O)Cc1ccccc1)C(=O)O. The Kier molecular flexibility index (Phi) is 4.91. The molecule has 0 bridgehead atoms. The van der Waals surface area contributed by atoms with Crippen molar-refractivity contribution in [2.24, 2.45) is 5.92 Å². The van der Waals surface area contributed by atoms with Gasteiger partial charge in [0.1, 0.15) is 0 Å². The highest BCUT2D eigenvalue weighted by Crippen LogP contribution is 2.46. The van der Waals surface area contributed by atoms with Gasteiger partial charge < -0.3 is 10.00 Å². The zero-order valence-corrected chi connectivity index (χ0v) is 10.6. The summed E-state index contributed by atoms with van der Waals surface area (Å²) >= 11 is 0. The van der Waals surface area contributed by atoms with Gasteiger partial charge in [-0.15, -0.1) is 0 Å². The maximum atomic E-state index is 11.9. The van der Waals surface area contributed by atoms with Crippen LogP contribution in [0.1, 0.15) is 18.9 Å². The van der Waals surface area contributed by atoms with E-state index >= 15 is 0 Å². The predicted molar refractivity (Wildman–Crippen MR) is 66.3 cm³/mol. The molecule has 0 aromatic heterocycles. The molecule has 2 N–H and O–H groups in total. The maximum absolute atomic E-state index is 11.9. The van der Waals surface area contributed by atoms with Crippen LogP contribution in [0.3, 0.4) is 0 Å². The summed E-state index contributed by atoms with van der Waals surface area (Å²) in [5.74, 6) is -1.75. The number of hydrogen-bond donors (Lipinski definition) is 2. The summed E-state index contributed by atoms with van der Waals surface area (Å²) < 4.78 is 11.9. The van der Waals surface area contributed by atoms with Gasteiger partial charge in [0.15, 0.2) is 0 Å². The first-order chi connectivity index (χ1) is 7.94. The van der Waals surface area contributed by atoms with Gasteiger partial charge in [-0.3, -0.25) is 9.36 Å². The summed E-state index contributed by atoms with van der Waals surface area (Å²) in [6, 6.07) is 8.96. The van der Waals surface area contributed by atoms with Gasteiger partial charge in [0.2, 0.25) is 7.37 Å². The van der Waals surface area contributed by atoms with Crippen molar-refractivity contribution in [3.63, 3.8) is 0 Å². The molecule has 17 heavy (non-hydrogen) atoms. The Morgan fingerprint density at radius 3 is 2.41 bits per heavy atom. The van der Waals surface area contributed by atoms with Gasteiger partial charge in [-0.1, -0.05) is 37.3 Å². The van der Waals surface area contributed by atoms with E-state index in [2.05, 4.69) is 0 Å². The van der Waals surface area contributed by atoms with Crippen molar-refractivity contribution >= 4 is 13.3 Å². The van der Waals surface area contributed by atoms with E-state index in [9.17, 15) is 14.3 Å². The largest absolute Gasteiger partial charge is 0.481 e. The van der Waals surface area contributed by atoms with Gasteiger partial charge >= 0.3 is 5.97 Å². The molecule has 4 nitrogen and oxygen atoms in total. The molecule has 94 valence electrons. The molecule has 1 rings (SSSR count). The number of benzene rings is 1. The van der Waals surface area contributed by atoms with Crippen LogP contribution in [0.4, 0.5) is 0 Å². The first-order valence-corrected chi connectivity index (χ1v) is 7.55. The van der Waals surface area contributed by atoms with Crippen LogP contribution in [0.15, 0.2) is 30.3 Å². The normalized spacial score (nSPS) is 16.1. The standard InChI is InChI=1S/C12H17O4P/c1-2-11(12(13)14)9-17(15,16)8-10-6-4-3-5-7-10/h3-7,11H,2,8-9H2,1H3,(H,13,14)(H,15,16). The van der Waals surface area contributed by atoms with Crippen molar-refractivity contribution in [2.75, 3.05) is 6.16 Å². The average Bonchev–Trinajstić information content (AvgIpc) is 2.26. The highest BCUT2D eigenvalue weighted by atomic mass is 31.2. The molecule has 2 unspecified atom stereocenters. The molecule has 1 aromatic rings. The van der Waals surface area contributed by atoms with Crippen LogP contribution in [-0.4, -0.2) is 22.1 Å². The summed E-state index contributed by atoms with van der Waals surface area (Å²) in [5.41, 5.74) is 0.763. The third-order valence-corrected chi connectivity index (χ3v) is 4.49. The number of hydrogen-bond acceptors (Lipinski definition) is 2. The number of rotatable bonds is 6. The maximum Gasteiger partial charge on any atom is 0.307 e. The molecule has 5 heteroatoms. The quantitative estimate of drug-likeness (QED) is 0.767. The van der Waals surface area contributed by atoms with Crippen molar-refractivity contribution in [1.29, 1.82) is 0 Å². The number of carboxylic acids is 1. The lowest BCUT2D eigenvalue weighted by Gasteiger charge is -2.15. The lowest BCUT2D eigenvalue weighted by molar-refractivity contribution is -0.141. The number of carbonyl (C=O) groups is 1. The highest BCUT2D eigenvalue weighted by Gasteiger charge is 2.27. The Morgan fingerprint density at radius 1 is 1.35 bits per heavy atom. The third kappa shape index (κ3) is 4.72. The minimum Gasteiger partial charge on any atom is -0.481 e. The minimum absolute atomic E-state index is 0.0393. The molecular weight excluding hydrogens is 239 g/mol. The fourth-order valence-electron chi connectivity index (χ4n) is 1.66. The Hall–Kier alpha value is -1.12. The smallest absolute Gasteiger partial charge is 0.307 e. The van der Waals surface area contributed by atoms with Crippen LogP contribution in [0.2, 0.25) is 0 Å². The molecule has 0 saturated carbocycles. The molecule has 0 aliphatic rings. The summed E-state index contributed by atoms with van der Waals surface area (Å²) in [5, 5.41) is 8.87. The Morgan fingerprint density at radius 2 is 1.94 bits per heavy atom. The molecule has 0 saturated heterocycles. The van der Waals surface area contributed by atoms with Crippen LogP contribution in [0.25, 0.3) is 0 Å². The molecule has 2 atom stereocenters. The van der Waals surface area contributed by atoms with Gasteiger partial charge in [-0.2, -0.15) is 0 Å². The van der Waals surface area contributed by atoms with E-state index in [0.717, 1.165) is 5.56 Å². The highest BCUT2D eigenvalue weighted by molar-refractivity contribution is 7.57. The van der Waals surface area contributed by atoms with Crippen molar-refractivity contribution in [2.45, 2.75) is 19.5 Å². The fourth-order valence-corrected chi connectivity index (χ4v) is 3.67. The molecule has 0 radical (unpaired) electrons. The lowest BCUT2D eigenvalue weighted by Crippen LogP contribution is -2.17. The zero-order chi connectivity index (χ0) is 12.9. The molecule has 0 aliphatic carbocycles. The van der Waals surface area contributed by atoms with Crippen molar-refractivity contribution in [3.8, 4) is 0 Å². The summed E-state index contributed by atoms with van der Waals surface area (Å²) in [6.07, 6.45) is 0.250. The molecule has 0 aliphatic heterocycles. The Balaban J connectivity index is 2.69. The third-order valence-electron chi connectivity index (χ3n) is 2.62. The van der Waals surface area contributed by atoms with Crippen molar-refractivity contribution in [3.05, 3.63) is 35.9 Å². The van der Waals surface area contributed by atoms with Crippen LogP contribution in [-0.2, 0) is 15.5 Å². The second kappa shape index (κ2) is 5.99. The molecule has 0 fully saturated rings. The van der Waals surface area contributed by atoms with E-state index in [1.54, 1.807) is 31.2 Å². The van der Waals surface area contributed by atoms with Gasteiger partial charge in [-0.05, 0) is 12.0 Å².